The number of aromatic hydroxyl groups is 1. The normalized spacial score (nSPS) is 18.3. The maximum absolute atomic E-state index is 10.5. The van der Waals surface area contributed by atoms with E-state index >= 15 is 0 Å². The Balaban J connectivity index is 1.50. The van der Waals surface area contributed by atoms with Crippen molar-refractivity contribution in [2.24, 2.45) is 7.05 Å². The van der Waals surface area contributed by atoms with Gasteiger partial charge in [-0.3, -0.25) is 0 Å². The molecule has 0 aliphatic carbocycles. The van der Waals surface area contributed by atoms with Gasteiger partial charge in [-0.2, -0.15) is 4.80 Å². The van der Waals surface area contributed by atoms with Crippen LogP contribution in [-0.4, -0.2) is 57.6 Å². The maximum atomic E-state index is 10.5. The zero-order valence-electron chi connectivity index (χ0n) is 17.9. The van der Waals surface area contributed by atoms with Crippen LogP contribution in [0.15, 0.2) is 24.4 Å². The predicted octanol–water partition coefficient (Wildman–Crippen LogP) is 2.16. The molecule has 3 aromatic rings. The van der Waals surface area contributed by atoms with E-state index in [2.05, 4.69) is 68.9 Å². The Morgan fingerprint density at radius 2 is 1.83 bits per heavy atom. The number of phenolic OH excluding ortho intramolecular Hbond substituents is 1. The molecular weight excluding hydrogens is 382 g/mol. The molecule has 10 nitrogen and oxygen atoms in total. The highest BCUT2D eigenvalue weighted by atomic mass is 16.3. The summed E-state index contributed by atoms with van der Waals surface area (Å²) in [6.07, 6.45) is 3.53. The Bertz CT molecular complexity index is 1030. The summed E-state index contributed by atoms with van der Waals surface area (Å²) in [6, 6.07) is 5.38. The molecule has 0 unspecified atom stereocenters. The number of tetrazole rings is 1. The quantitative estimate of drug-likeness (QED) is 0.594. The van der Waals surface area contributed by atoms with E-state index in [4.69, 9.17) is 0 Å². The molecule has 3 N–H and O–H groups in total. The van der Waals surface area contributed by atoms with E-state index in [1.54, 1.807) is 31.4 Å². The summed E-state index contributed by atoms with van der Waals surface area (Å²) in [5.74, 6) is 0.978. The highest BCUT2D eigenvalue weighted by Crippen LogP contribution is 2.32. The van der Waals surface area contributed by atoms with Gasteiger partial charge in [0.05, 0.1) is 13.2 Å². The number of nitrogens with zero attached hydrogens (tertiary/aromatic N) is 7. The summed E-state index contributed by atoms with van der Waals surface area (Å²) in [4.78, 5) is 5.78. The van der Waals surface area contributed by atoms with Crippen LogP contribution in [0.4, 0.5) is 5.95 Å². The van der Waals surface area contributed by atoms with Crippen molar-refractivity contribution in [3.05, 3.63) is 24.4 Å². The van der Waals surface area contributed by atoms with Gasteiger partial charge < -0.3 is 15.7 Å². The fourth-order valence-electron chi connectivity index (χ4n) is 4.36. The van der Waals surface area contributed by atoms with Gasteiger partial charge in [0.2, 0.25) is 11.8 Å². The van der Waals surface area contributed by atoms with E-state index in [1.165, 1.54) is 4.80 Å². The summed E-state index contributed by atoms with van der Waals surface area (Å²) >= 11 is 0. The molecule has 4 rings (SSSR count). The molecule has 158 valence electrons. The number of piperidine rings is 1. The fourth-order valence-corrected chi connectivity index (χ4v) is 4.36. The van der Waals surface area contributed by atoms with Gasteiger partial charge in [-0.25, -0.2) is 4.98 Å². The monoisotopic (exact) mass is 409 g/mol. The van der Waals surface area contributed by atoms with Crippen LogP contribution < -0.4 is 10.6 Å². The number of phenols is 1. The van der Waals surface area contributed by atoms with Gasteiger partial charge in [-0.05, 0) is 57.9 Å². The molecule has 10 heteroatoms. The predicted molar refractivity (Wildman–Crippen MR) is 113 cm³/mol. The lowest BCUT2D eigenvalue weighted by molar-refractivity contribution is 0.170. The third-order valence-corrected chi connectivity index (χ3v) is 5.13. The van der Waals surface area contributed by atoms with Gasteiger partial charge in [-0.1, -0.05) is 6.07 Å². The number of nitrogens with one attached hydrogen (secondary N) is 2. The van der Waals surface area contributed by atoms with Crippen LogP contribution in [0, 0.1) is 0 Å². The first-order chi connectivity index (χ1) is 14.1. The Kier molecular flexibility index (Phi) is 4.89. The van der Waals surface area contributed by atoms with Crippen molar-refractivity contribution in [3.8, 4) is 28.4 Å². The minimum atomic E-state index is 0.0261. The van der Waals surface area contributed by atoms with E-state index in [-0.39, 0.29) is 22.9 Å². The molecule has 1 fully saturated rings. The second kappa shape index (κ2) is 7.28. The smallest absolute Gasteiger partial charge is 0.242 e. The number of aryl methyl sites for hydroxylation is 1. The van der Waals surface area contributed by atoms with E-state index < -0.39 is 0 Å². The number of aromatic nitrogens is 7. The van der Waals surface area contributed by atoms with Crippen molar-refractivity contribution in [1.29, 1.82) is 0 Å². The summed E-state index contributed by atoms with van der Waals surface area (Å²) < 4.78 is 0. The lowest BCUT2D eigenvalue weighted by atomic mass is 9.80. The standard InChI is InChI=1S/C20H27N9O/c1-19(2)9-13(10-20(3,4)27-19)22-18-21-11-15(23-25-18)14-7-6-12(8-16(14)30)17-24-28-29(5)26-17/h6-8,11,13,27,30H,9-10H2,1-5H3,(H,21,22,25). The van der Waals surface area contributed by atoms with Crippen molar-refractivity contribution in [3.63, 3.8) is 0 Å². The molecule has 0 bridgehead atoms. The van der Waals surface area contributed by atoms with Crippen LogP contribution in [-0.2, 0) is 7.05 Å². The second-order valence-electron chi connectivity index (χ2n) is 9.14. The SMILES string of the molecule is Cn1nnc(-c2ccc(-c3cnc(NC4CC(C)(C)NC(C)(C)C4)nn3)c(O)c2)n1. The van der Waals surface area contributed by atoms with Crippen molar-refractivity contribution in [2.45, 2.75) is 57.7 Å². The molecule has 1 aliphatic heterocycles. The van der Waals surface area contributed by atoms with Crippen molar-refractivity contribution in [2.75, 3.05) is 5.32 Å². The molecule has 30 heavy (non-hydrogen) atoms. The summed E-state index contributed by atoms with van der Waals surface area (Å²) in [5, 5.41) is 37.9. The first-order valence-corrected chi connectivity index (χ1v) is 9.94. The number of hydrogen-bond acceptors (Lipinski definition) is 9. The lowest BCUT2D eigenvalue weighted by Crippen LogP contribution is -2.60. The van der Waals surface area contributed by atoms with E-state index in [9.17, 15) is 5.11 Å². The van der Waals surface area contributed by atoms with Crippen molar-refractivity contribution in [1.82, 2.24) is 40.7 Å². The molecule has 1 aliphatic rings. The first-order valence-electron chi connectivity index (χ1n) is 9.94. The van der Waals surface area contributed by atoms with Gasteiger partial charge in [0, 0.05) is 28.2 Å². The van der Waals surface area contributed by atoms with Gasteiger partial charge in [-0.15, -0.1) is 20.4 Å². The molecule has 0 saturated carbocycles. The number of benzene rings is 1. The maximum Gasteiger partial charge on any atom is 0.242 e. The first kappa shape index (κ1) is 20.1. The molecule has 2 aromatic heterocycles. The third kappa shape index (κ3) is 4.38. The lowest BCUT2D eigenvalue weighted by Gasteiger charge is -2.46. The van der Waals surface area contributed by atoms with Gasteiger partial charge in [0.25, 0.3) is 0 Å². The van der Waals surface area contributed by atoms with Crippen LogP contribution >= 0.6 is 0 Å². The zero-order chi connectivity index (χ0) is 21.5. The molecule has 0 atom stereocenters. The second-order valence-corrected chi connectivity index (χ2v) is 9.14. The van der Waals surface area contributed by atoms with Gasteiger partial charge >= 0.3 is 0 Å². The molecule has 0 radical (unpaired) electrons. The number of anilines is 1. The average molecular weight is 409 g/mol. The Hall–Kier alpha value is -3.14. The highest BCUT2D eigenvalue weighted by Gasteiger charge is 2.37. The minimum Gasteiger partial charge on any atom is -0.507 e. The zero-order valence-corrected chi connectivity index (χ0v) is 17.9. The van der Waals surface area contributed by atoms with Crippen LogP contribution in [0.3, 0.4) is 0 Å². The van der Waals surface area contributed by atoms with E-state index in [0.29, 0.717) is 28.6 Å². The van der Waals surface area contributed by atoms with Gasteiger partial charge in [0.15, 0.2) is 0 Å². The molecule has 1 saturated heterocycles. The summed E-state index contributed by atoms with van der Waals surface area (Å²) in [6.45, 7) is 8.81. The van der Waals surface area contributed by atoms with Crippen LogP contribution in [0.2, 0.25) is 0 Å². The van der Waals surface area contributed by atoms with Crippen molar-refractivity contribution >= 4 is 5.95 Å². The van der Waals surface area contributed by atoms with E-state index in [1.807, 2.05) is 0 Å². The van der Waals surface area contributed by atoms with Crippen molar-refractivity contribution < 1.29 is 5.11 Å². The summed E-state index contributed by atoms with van der Waals surface area (Å²) in [5.41, 5.74) is 1.75. The van der Waals surface area contributed by atoms with E-state index in [0.717, 1.165) is 12.8 Å². The number of rotatable bonds is 4. The Morgan fingerprint density at radius 3 is 2.40 bits per heavy atom. The summed E-state index contributed by atoms with van der Waals surface area (Å²) in [7, 11) is 1.69. The van der Waals surface area contributed by atoms with Gasteiger partial charge in [0.1, 0.15) is 11.4 Å². The van der Waals surface area contributed by atoms with Crippen LogP contribution in [0.25, 0.3) is 22.6 Å². The fraction of sp³-hybridized carbons (Fsp3) is 0.500. The molecule has 0 amide bonds. The molecule has 3 heterocycles. The molecular formula is C20H27N9O. The van der Waals surface area contributed by atoms with Crippen LogP contribution in [0.1, 0.15) is 40.5 Å². The van der Waals surface area contributed by atoms with Crippen LogP contribution in [0.5, 0.6) is 5.75 Å². The topological polar surface area (TPSA) is 127 Å². The number of hydrogen-bond donors (Lipinski definition) is 3. The molecule has 1 aromatic carbocycles. The highest BCUT2D eigenvalue weighted by molar-refractivity contribution is 5.71. The Morgan fingerprint density at radius 1 is 1.10 bits per heavy atom. The molecule has 0 spiro atoms. The average Bonchev–Trinajstić information content (AvgIpc) is 3.06. The Labute approximate surface area is 175 Å². The largest absolute Gasteiger partial charge is 0.507 e. The third-order valence-electron chi connectivity index (χ3n) is 5.13. The minimum absolute atomic E-state index is 0.0261.